The van der Waals surface area contributed by atoms with Gasteiger partial charge in [-0.15, -0.1) is 4.91 Å². The molecule has 0 bridgehead atoms. The first-order chi connectivity index (χ1) is 5.75. The van der Waals surface area contributed by atoms with Crippen LogP contribution < -0.4 is 0 Å². The zero-order valence-corrected chi connectivity index (χ0v) is 6.77. The molecule has 1 saturated heterocycles. The van der Waals surface area contributed by atoms with E-state index in [4.69, 9.17) is 5.11 Å². The number of hydrogen-bond donors (Lipinski definition) is 1. The van der Waals surface area contributed by atoms with Gasteiger partial charge >= 0.3 is 5.97 Å². The van der Waals surface area contributed by atoms with Crippen LogP contribution in [0.15, 0.2) is 5.29 Å². The molecule has 0 amide bonds. The van der Waals surface area contributed by atoms with Crippen LogP contribution in [0.1, 0.15) is 25.7 Å². The van der Waals surface area contributed by atoms with E-state index in [2.05, 4.69) is 5.29 Å². The Labute approximate surface area is 70.3 Å². The molecular weight excluding hydrogens is 160 g/mol. The Bertz CT molecular complexity index is 183. The summed E-state index contributed by atoms with van der Waals surface area (Å²) < 4.78 is 0. The fourth-order valence-corrected chi connectivity index (χ4v) is 1.44. The Balaban J connectivity index is 2.63. The summed E-state index contributed by atoms with van der Waals surface area (Å²) in [6.07, 6.45) is 3.23. The largest absolute Gasteiger partial charge is 0.480 e. The van der Waals surface area contributed by atoms with E-state index in [1.165, 1.54) is 0 Å². The smallest absolute Gasteiger partial charge is 0.328 e. The Morgan fingerprint density at radius 2 is 2.17 bits per heavy atom. The summed E-state index contributed by atoms with van der Waals surface area (Å²) in [5.74, 6) is -0.948. The van der Waals surface area contributed by atoms with Crippen LogP contribution in [-0.2, 0) is 4.79 Å². The monoisotopic (exact) mass is 172 g/mol. The van der Waals surface area contributed by atoms with Crippen molar-refractivity contribution in [2.45, 2.75) is 31.7 Å². The molecule has 0 aliphatic carbocycles. The van der Waals surface area contributed by atoms with Crippen molar-refractivity contribution in [2.24, 2.45) is 5.29 Å². The molecule has 1 unspecified atom stereocenters. The number of carbonyl (C=O) groups is 1. The lowest BCUT2D eigenvalue weighted by molar-refractivity contribution is -0.143. The fourth-order valence-electron chi connectivity index (χ4n) is 1.44. The summed E-state index contributed by atoms with van der Waals surface area (Å²) in [7, 11) is 0. The number of nitroso groups, excluding NO2 is 1. The first kappa shape index (κ1) is 8.96. The van der Waals surface area contributed by atoms with Gasteiger partial charge in [0.15, 0.2) is 0 Å². The van der Waals surface area contributed by atoms with E-state index in [9.17, 15) is 9.70 Å². The second-order valence-corrected chi connectivity index (χ2v) is 2.95. The van der Waals surface area contributed by atoms with Gasteiger partial charge in [-0.05, 0) is 12.8 Å². The second-order valence-electron chi connectivity index (χ2n) is 2.95. The highest BCUT2D eigenvalue weighted by molar-refractivity contribution is 5.73. The summed E-state index contributed by atoms with van der Waals surface area (Å²) in [6, 6.07) is -0.704. The highest BCUT2D eigenvalue weighted by Crippen LogP contribution is 2.16. The molecule has 1 atom stereocenters. The maximum Gasteiger partial charge on any atom is 0.328 e. The minimum atomic E-state index is -0.948. The van der Waals surface area contributed by atoms with Gasteiger partial charge in [0.1, 0.15) is 6.04 Å². The van der Waals surface area contributed by atoms with E-state index in [0.717, 1.165) is 24.3 Å². The highest BCUT2D eigenvalue weighted by Gasteiger charge is 2.26. The minimum absolute atomic E-state index is 0.473. The van der Waals surface area contributed by atoms with Crippen LogP contribution in [0.25, 0.3) is 0 Å². The molecule has 0 spiro atoms. The van der Waals surface area contributed by atoms with Crippen LogP contribution >= 0.6 is 0 Å². The topological polar surface area (TPSA) is 70.0 Å². The van der Waals surface area contributed by atoms with Crippen LogP contribution in [0, 0.1) is 4.91 Å². The summed E-state index contributed by atoms with van der Waals surface area (Å²) in [6.45, 7) is 0.473. The summed E-state index contributed by atoms with van der Waals surface area (Å²) in [5.41, 5.74) is 0. The molecule has 12 heavy (non-hydrogen) atoms. The van der Waals surface area contributed by atoms with Gasteiger partial charge in [-0.1, -0.05) is 12.8 Å². The lowest BCUT2D eigenvalue weighted by atomic mass is 10.1. The lowest BCUT2D eigenvalue weighted by Crippen LogP contribution is -2.36. The zero-order chi connectivity index (χ0) is 8.97. The average molecular weight is 172 g/mol. The summed E-state index contributed by atoms with van der Waals surface area (Å²) in [4.78, 5) is 20.9. The van der Waals surface area contributed by atoms with E-state index < -0.39 is 12.0 Å². The number of aliphatic carboxylic acids is 1. The Morgan fingerprint density at radius 3 is 2.75 bits per heavy atom. The first-order valence-electron chi connectivity index (χ1n) is 4.08. The van der Waals surface area contributed by atoms with E-state index >= 15 is 0 Å². The van der Waals surface area contributed by atoms with Crippen molar-refractivity contribution in [3.05, 3.63) is 4.91 Å². The molecule has 0 saturated carbocycles. The predicted octanol–water partition coefficient (Wildman–Crippen LogP) is 0.997. The summed E-state index contributed by atoms with van der Waals surface area (Å²) >= 11 is 0. The van der Waals surface area contributed by atoms with Crippen LogP contribution in [0.4, 0.5) is 0 Å². The molecule has 1 aliphatic rings. The molecule has 0 aromatic rings. The standard InChI is InChI=1S/C7H12N2O3/c10-7(11)6-4-2-1-3-5-9(6)8-12/h6H,1-5H2,(H,10,11). The first-order valence-corrected chi connectivity index (χ1v) is 4.08. The lowest BCUT2D eigenvalue weighted by Gasteiger charge is -2.19. The van der Waals surface area contributed by atoms with Gasteiger partial charge in [0.25, 0.3) is 0 Å². The number of carboxylic acid groups (broad SMARTS) is 1. The molecule has 1 N–H and O–H groups in total. The maximum absolute atomic E-state index is 10.6. The van der Waals surface area contributed by atoms with E-state index in [1.54, 1.807) is 0 Å². The molecule has 5 heteroatoms. The highest BCUT2D eigenvalue weighted by atomic mass is 16.4. The molecule has 1 fully saturated rings. The van der Waals surface area contributed by atoms with Crippen LogP contribution in [0.3, 0.4) is 0 Å². The number of hydrogen-bond acceptors (Lipinski definition) is 3. The van der Waals surface area contributed by atoms with E-state index in [-0.39, 0.29) is 0 Å². The van der Waals surface area contributed by atoms with E-state index in [0.29, 0.717) is 13.0 Å². The third-order valence-corrected chi connectivity index (χ3v) is 2.11. The Kier molecular flexibility index (Phi) is 3.01. The molecule has 0 radical (unpaired) electrons. The van der Waals surface area contributed by atoms with Crippen molar-refractivity contribution in [2.75, 3.05) is 6.54 Å². The van der Waals surface area contributed by atoms with Gasteiger partial charge in [-0.3, -0.25) is 0 Å². The van der Waals surface area contributed by atoms with Gasteiger partial charge in [0.05, 0.1) is 5.29 Å². The van der Waals surface area contributed by atoms with Crippen LogP contribution in [0.5, 0.6) is 0 Å². The Hall–Kier alpha value is -1.13. The molecule has 5 nitrogen and oxygen atoms in total. The van der Waals surface area contributed by atoms with Gasteiger partial charge < -0.3 is 5.11 Å². The molecule has 1 aliphatic heterocycles. The third-order valence-electron chi connectivity index (χ3n) is 2.11. The van der Waals surface area contributed by atoms with Gasteiger partial charge in [0.2, 0.25) is 0 Å². The van der Waals surface area contributed by atoms with Crippen LogP contribution in [-0.4, -0.2) is 28.7 Å². The molecule has 68 valence electrons. The maximum atomic E-state index is 10.6. The van der Waals surface area contributed by atoms with Gasteiger partial charge in [0, 0.05) is 6.54 Å². The van der Waals surface area contributed by atoms with Crippen molar-refractivity contribution in [3.8, 4) is 0 Å². The van der Waals surface area contributed by atoms with Crippen molar-refractivity contribution in [1.82, 2.24) is 5.01 Å². The Morgan fingerprint density at radius 1 is 1.42 bits per heavy atom. The van der Waals surface area contributed by atoms with Crippen molar-refractivity contribution in [3.63, 3.8) is 0 Å². The van der Waals surface area contributed by atoms with Gasteiger partial charge in [-0.2, -0.15) is 0 Å². The molecule has 0 aromatic heterocycles. The third kappa shape index (κ3) is 1.93. The van der Waals surface area contributed by atoms with Crippen LogP contribution in [0.2, 0.25) is 0 Å². The van der Waals surface area contributed by atoms with E-state index in [1.807, 2.05) is 0 Å². The summed E-state index contributed by atoms with van der Waals surface area (Å²) in [5, 5.41) is 12.6. The quantitative estimate of drug-likeness (QED) is 0.631. The minimum Gasteiger partial charge on any atom is -0.480 e. The van der Waals surface area contributed by atoms with Crippen molar-refractivity contribution < 1.29 is 9.90 Å². The van der Waals surface area contributed by atoms with Crippen molar-refractivity contribution in [1.29, 1.82) is 0 Å². The number of rotatable bonds is 2. The molecule has 0 aromatic carbocycles. The van der Waals surface area contributed by atoms with Gasteiger partial charge in [-0.25, -0.2) is 9.80 Å². The van der Waals surface area contributed by atoms with Crippen molar-refractivity contribution >= 4 is 5.97 Å². The average Bonchev–Trinajstić information content (AvgIpc) is 2.27. The normalized spacial score (nSPS) is 24.7. The number of nitrogens with zero attached hydrogens (tertiary/aromatic N) is 2. The molecule has 1 rings (SSSR count). The fraction of sp³-hybridized carbons (Fsp3) is 0.857. The second kappa shape index (κ2) is 4.04. The number of carboxylic acids is 1. The zero-order valence-electron chi connectivity index (χ0n) is 6.77. The molecular formula is C7H12N2O3. The SMILES string of the molecule is O=NN1CCCCCC1C(=O)O. The molecule has 1 heterocycles. The predicted molar refractivity (Wildman–Crippen MR) is 42.4 cm³/mol.